The number of fused-ring (bicyclic) bond motifs is 1. The standard InChI is InChI=1S/C24H25N3O5S/c1-16-15-26(24(29)23-9-6-12-32-23)22-14-19(10-11-21(22)27(16)17(2)28)18-7-5-8-20(13-18)33(30,31)25(3)4/h5-14,16H,15H2,1-4H3/t16-/m0/s1. The van der Waals surface area contributed by atoms with E-state index in [1.165, 1.54) is 27.3 Å². The van der Waals surface area contributed by atoms with Crippen molar-refractivity contribution in [2.75, 3.05) is 30.4 Å². The van der Waals surface area contributed by atoms with E-state index in [2.05, 4.69) is 0 Å². The molecule has 0 unspecified atom stereocenters. The molecule has 0 spiro atoms. The Morgan fingerprint density at radius 2 is 1.73 bits per heavy atom. The zero-order chi connectivity index (χ0) is 23.9. The van der Waals surface area contributed by atoms with E-state index < -0.39 is 10.0 Å². The molecule has 2 amide bonds. The third-order valence-electron chi connectivity index (χ3n) is 5.68. The molecule has 2 heterocycles. The number of amides is 2. The van der Waals surface area contributed by atoms with Gasteiger partial charge in [0.05, 0.1) is 28.6 Å². The summed E-state index contributed by atoms with van der Waals surface area (Å²) in [4.78, 5) is 29.0. The summed E-state index contributed by atoms with van der Waals surface area (Å²) < 4.78 is 31.7. The first-order valence-electron chi connectivity index (χ1n) is 10.4. The SMILES string of the molecule is CC(=O)N1c2ccc(-c3cccc(S(=O)(=O)N(C)C)c3)cc2N(C(=O)c2ccco2)C[C@@H]1C. The monoisotopic (exact) mass is 467 g/mol. The summed E-state index contributed by atoms with van der Waals surface area (Å²) in [5, 5.41) is 0. The van der Waals surface area contributed by atoms with Crippen molar-refractivity contribution < 1.29 is 22.4 Å². The molecule has 33 heavy (non-hydrogen) atoms. The molecule has 0 N–H and O–H groups in total. The molecule has 172 valence electrons. The number of carbonyl (C=O) groups is 2. The molecule has 3 aromatic rings. The number of benzene rings is 2. The van der Waals surface area contributed by atoms with Gasteiger partial charge in [-0.3, -0.25) is 9.59 Å². The number of anilines is 2. The zero-order valence-electron chi connectivity index (χ0n) is 18.8. The van der Waals surface area contributed by atoms with Crippen LogP contribution in [0.5, 0.6) is 0 Å². The minimum atomic E-state index is -3.60. The van der Waals surface area contributed by atoms with Crippen molar-refractivity contribution in [2.45, 2.75) is 24.8 Å². The third-order valence-corrected chi connectivity index (χ3v) is 7.49. The fraction of sp³-hybridized carbons (Fsp3) is 0.250. The van der Waals surface area contributed by atoms with Gasteiger partial charge in [0, 0.05) is 27.6 Å². The molecule has 1 aliphatic rings. The van der Waals surface area contributed by atoms with Crippen molar-refractivity contribution in [3.63, 3.8) is 0 Å². The van der Waals surface area contributed by atoms with Crippen LogP contribution in [0.15, 0.2) is 70.2 Å². The van der Waals surface area contributed by atoms with E-state index in [9.17, 15) is 18.0 Å². The molecule has 0 saturated carbocycles. The summed E-state index contributed by atoms with van der Waals surface area (Å²) in [5.41, 5.74) is 2.57. The quantitative estimate of drug-likeness (QED) is 0.585. The first kappa shape index (κ1) is 22.8. The number of nitrogens with zero attached hydrogens (tertiary/aromatic N) is 3. The summed E-state index contributed by atoms with van der Waals surface area (Å²) in [6.45, 7) is 3.68. The van der Waals surface area contributed by atoms with Crippen molar-refractivity contribution in [3.05, 3.63) is 66.6 Å². The van der Waals surface area contributed by atoms with Crippen LogP contribution in [0.3, 0.4) is 0 Å². The second kappa shape index (κ2) is 8.49. The minimum absolute atomic E-state index is 0.124. The largest absolute Gasteiger partial charge is 0.459 e. The lowest BCUT2D eigenvalue weighted by atomic mass is 10.0. The average molecular weight is 468 g/mol. The number of furan rings is 1. The minimum Gasteiger partial charge on any atom is -0.459 e. The van der Waals surface area contributed by atoms with Gasteiger partial charge >= 0.3 is 0 Å². The fourth-order valence-electron chi connectivity index (χ4n) is 4.06. The molecule has 0 aliphatic carbocycles. The van der Waals surface area contributed by atoms with Crippen molar-refractivity contribution in [1.29, 1.82) is 0 Å². The van der Waals surface area contributed by atoms with Crippen LogP contribution >= 0.6 is 0 Å². The summed E-state index contributed by atoms with van der Waals surface area (Å²) >= 11 is 0. The van der Waals surface area contributed by atoms with Crippen LogP contribution in [0.1, 0.15) is 24.4 Å². The van der Waals surface area contributed by atoms with Crippen LogP contribution < -0.4 is 9.80 Å². The number of hydrogen-bond donors (Lipinski definition) is 0. The fourth-order valence-corrected chi connectivity index (χ4v) is 5.01. The van der Waals surface area contributed by atoms with Gasteiger partial charge in [0.25, 0.3) is 5.91 Å². The molecule has 0 saturated heterocycles. The summed E-state index contributed by atoms with van der Waals surface area (Å²) in [6, 6.07) is 15.1. The Morgan fingerprint density at radius 1 is 1.00 bits per heavy atom. The van der Waals surface area contributed by atoms with Gasteiger partial charge in [-0.15, -0.1) is 0 Å². The van der Waals surface area contributed by atoms with Gasteiger partial charge in [-0.1, -0.05) is 18.2 Å². The number of carbonyl (C=O) groups excluding carboxylic acids is 2. The summed E-state index contributed by atoms with van der Waals surface area (Å²) in [6.07, 6.45) is 1.44. The van der Waals surface area contributed by atoms with Gasteiger partial charge < -0.3 is 14.2 Å². The smallest absolute Gasteiger partial charge is 0.294 e. The van der Waals surface area contributed by atoms with Gasteiger partial charge in [0.2, 0.25) is 15.9 Å². The number of hydrogen-bond acceptors (Lipinski definition) is 5. The molecular formula is C24H25N3O5S. The number of rotatable bonds is 4. The van der Waals surface area contributed by atoms with Gasteiger partial charge in [0.1, 0.15) is 0 Å². The average Bonchev–Trinajstić information content (AvgIpc) is 3.32. The van der Waals surface area contributed by atoms with E-state index in [0.29, 0.717) is 23.5 Å². The van der Waals surface area contributed by atoms with E-state index in [0.717, 1.165) is 9.87 Å². The van der Waals surface area contributed by atoms with Gasteiger partial charge in [0.15, 0.2) is 5.76 Å². The second-order valence-corrected chi connectivity index (χ2v) is 10.3. The predicted molar refractivity (Wildman–Crippen MR) is 126 cm³/mol. The van der Waals surface area contributed by atoms with E-state index in [4.69, 9.17) is 4.42 Å². The Balaban J connectivity index is 1.84. The molecule has 8 nitrogen and oxygen atoms in total. The van der Waals surface area contributed by atoms with Crippen molar-refractivity contribution in [2.24, 2.45) is 0 Å². The molecule has 2 aromatic carbocycles. The van der Waals surface area contributed by atoms with Crippen LogP contribution in [0, 0.1) is 0 Å². The Bertz CT molecular complexity index is 1320. The van der Waals surface area contributed by atoms with Gasteiger partial charge in [-0.05, 0) is 54.4 Å². The lowest BCUT2D eigenvalue weighted by molar-refractivity contribution is -0.117. The molecule has 1 aromatic heterocycles. The maximum Gasteiger partial charge on any atom is 0.294 e. The molecule has 4 rings (SSSR count). The van der Waals surface area contributed by atoms with Crippen LogP contribution in [0.25, 0.3) is 11.1 Å². The van der Waals surface area contributed by atoms with E-state index in [1.807, 2.05) is 19.1 Å². The van der Waals surface area contributed by atoms with Crippen molar-refractivity contribution >= 4 is 33.2 Å². The van der Waals surface area contributed by atoms with Gasteiger partial charge in [-0.25, -0.2) is 12.7 Å². The predicted octanol–water partition coefficient (Wildman–Crippen LogP) is 3.60. The van der Waals surface area contributed by atoms with Gasteiger partial charge in [-0.2, -0.15) is 0 Å². The number of sulfonamides is 1. The first-order valence-corrected chi connectivity index (χ1v) is 11.9. The van der Waals surface area contributed by atoms with E-state index >= 15 is 0 Å². The lowest BCUT2D eigenvalue weighted by Crippen LogP contribution is -2.51. The highest BCUT2D eigenvalue weighted by Gasteiger charge is 2.35. The van der Waals surface area contributed by atoms with Crippen LogP contribution in [-0.4, -0.2) is 51.2 Å². The van der Waals surface area contributed by atoms with Crippen LogP contribution in [0.4, 0.5) is 11.4 Å². The normalized spacial score (nSPS) is 16.1. The lowest BCUT2D eigenvalue weighted by Gasteiger charge is -2.40. The Morgan fingerprint density at radius 3 is 2.36 bits per heavy atom. The Kier molecular flexibility index (Phi) is 5.85. The summed E-state index contributed by atoms with van der Waals surface area (Å²) in [7, 11) is -0.637. The van der Waals surface area contributed by atoms with Crippen LogP contribution in [0.2, 0.25) is 0 Å². The molecular weight excluding hydrogens is 442 g/mol. The zero-order valence-corrected chi connectivity index (χ0v) is 19.7. The first-order chi connectivity index (χ1) is 15.6. The van der Waals surface area contributed by atoms with Crippen molar-refractivity contribution in [1.82, 2.24) is 4.31 Å². The highest BCUT2D eigenvalue weighted by atomic mass is 32.2. The molecule has 0 radical (unpaired) electrons. The second-order valence-electron chi connectivity index (χ2n) is 8.15. The topological polar surface area (TPSA) is 91.1 Å². The Hall–Kier alpha value is -3.43. The third kappa shape index (κ3) is 4.05. The van der Waals surface area contributed by atoms with Crippen LogP contribution in [-0.2, 0) is 14.8 Å². The highest BCUT2D eigenvalue weighted by molar-refractivity contribution is 7.89. The molecule has 9 heteroatoms. The molecule has 1 aliphatic heterocycles. The molecule has 0 fully saturated rings. The Labute approximate surface area is 193 Å². The summed E-state index contributed by atoms with van der Waals surface area (Å²) in [5.74, 6) is -0.230. The van der Waals surface area contributed by atoms with E-state index in [1.54, 1.807) is 52.3 Å². The van der Waals surface area contributed by atoms with Crippen molar-refractivity contribution in [3.8, 4) is 11.1 Å². The van der Waals surface area contributed by atoms with E-state index in [-0.39, 0.29) is 28.5 Å². The molecule has 1 atom stereocenters. The highest BCUT2D eigenvalue weighted by Crippen LogP contribution is 2.40. The maximum absolute atomic E-state index is 13.2. The molecule has 0 bridgehead atoms. The maximum atomic E-state index is 13.2.